The Hall–Kier alpha value is -1.17. The van der Waals surface area contributed by atoms with Crippen molar-refractivity contribution in [2.45, 2.75) is 26.3 Å². The van der Waals surface area contributed by atoms with E-state index in [1.165, 1.54) is 5.56 Å². The zero-order chi connectivity index (χ0) is 14.9. The van der Waals surface area contributed by atoms with Gasteiger partial charge in [-0.05, 0) is 37.6 Å². The number of β-amino-alcohol motifs (C(OH)–C–C–N with tert-alkyl or cyclic N) is 1. The fourth-order valence-corrected chi connectivity index (χ4v) is 2.68. The SMILES string of the molecule is CCCNCc1ccc(N2CCCN(CCO)CC2)nc1. The molecule has 0 bridgehead atoms. The minimum Gasteiger partial charge on any atom is -0.395 e. The summed E-state index contributed by atoms with van der Waals surface area (Å²) in [6.45, 7) is 9.25. The van der Waals surface area contributed by atoms with Crippen molar-refractivity contribution in [2.24, 2.45) is 0 Å². The Morgan fingerprint density at radius 3 is 2.86 bits per heavy atom. The molecule has 0 aromatic carbocycles. The van der Waals surface area contributed by atoms with Crippen LogP contribution in [0.25, 0.3) is 0 Å². The maximum atomic E-state index is 9.04. The molecule has 0 radical (unpaired) electrons. The molecule has 118 valence electrons. The van der Waals surface area contributed by atoms with Crippen molar-refractivity contribution < 1.29 is 5.11 Å². The van der Waals surface area contributed by atoms with Crippen LogP contribution in [-0.4, -0.2) is 60.9 Å². The Balaban J connectivity index is 1.86. The van der Waals surface area contributed by atoms with Gasteiger partial charge >= 0.3 is 0 Å². The summed E-state index contributed by atoms with van der Waals surface area (Å²) in [7, 11) is 0. The Bertz CT molecular complexity index is 396. The fraction of sp³-hybridized carbons (Fsp3) is 0.688. The monoisotopic (exact) mass is 292 g/mol. The Kier molecular flexibility index (Phi) is 6.92. The van der Waals surface area contributed by atoms with Crippen LogP contribution in [0.2, 0.25) is 0 Å². The number of anilines is 1. The van der Waals surface area contributed by atoms with E-state index in [2.05, 4.69) is 39.2 Å². The molecule has 0 spiro atoms. The second-order valence-corrected chi connectivity index (χ2v) is 5.61. The molecule has 5 heteroatoms. The number of aromatic nitrogens is 1. The van der Waals surface area contributed by atoms with Gasteiger partial charge in [-0.15, -0.1) is 0 Å². The molecule has 0 aliphatic carbocycles. The van der Waals surface area contributed by atoms with Gasteiger partial charge < -0.3 is 15.3 Å². The molecule has 1 aromatic heterocycles. The second kappa shape index (κ2) is 8.97. The molecule has 1 aromatic rings. The number of nitrogens with one attached hydrogen (secondary N) is 1. The maximum absolute atomic E-state index is 9.04. The molecule has 0 unspecified atom stereocenters. The third kappa shape index (κ3) is 5.26. The second-order valence-electron chi connectivity index (χ2n) is 5.61. The lowest BCUT2D eigenvalue weighted by molar-refractivity contribution is 0.204. The highest BCUT2D eigenvalue weighted by molar-refractivity contribution is 5.39. The molecule has 1 aliphatic rings. The number of hydrogen-bond donors (Lipinski definition) is 2. The highest BCUT2D eigenvalue weighted by Gasteiger charge is 2.15. The summed E-state index contributed by atoms with van der Waals surface area (Å²) in [6.07, 6.45) is 4.26. The van der Waals surface area contributed by atoms with Crippen molar-refractivity contribution in [3.8, 4) is 0 Å². The molecular formula is C16H28N4O. The minimum absolute atomic E-state index is 0.248. The summed E-state index contributed by atoms with van der Waals surface area (Å²) >= 11 is 0. The quantitative estimate of drug-likeness (QED) is 0.737. The molecule has 2 N–H and O–H groups in total. The van der Waals surface area contributed by atoms with E-state index in [4.69, 9.17) is 5.11 Å². The molecule has 1 saturated heterocycles. The lowest BCUT2D eigenvalue weighted by Crippen LogP contribution is -2.32. The lowest BCUT2D eigenvalue weighted by atomic mass is 10.2. The number of rotatable bonds is 7. The van der Waals surface area contributed by atoms with E-state index in [9.17, 15) is 0 Å². The predicted octanol–water partition coefficient (Wildman–Crippen LogP) is 1.09. The molecule has 1 aliphatic heterocycles. The molecule has 0 atom stereocenters. The normalized spacial score (nSPS) is 17.0. The largest absolute Gasteiger partial charge is 0.395 e. The van der Waals surface area contributed by atoms with Gasteiger partial charge in [0.25, 0.3) is 0 Å². The summed E-state index contributed by atoms with van der Waals surface area (Å²) in [5, 5.41) is 12.4. The van der Waals surface area contributed by atoms with Gasteiger partial charge in [-0.1, -0.05) is 13.0 Å². The summed E-state index contributed by atoms with van der Waals surface area (Å²) in [6, 6.07) is 4.30. The van der Waals surface area contributed by atoms with E-state index in [0.29, 0.717) is 0 Å². The first-order chi connectivity index (χ1) is 10.3. The molecule has 0 amide bonds. The summed E-state index contributed by atoms with van der Waals surface area (Å²) in [5.74, 6) is 1.07. The van der Waals surface area contributed by atoms with Crippen LogP contribution in [0.15, 0.2) is 18.3 Å². The molecule has 5 nitrogen and oxygen atoms in total. The van der Waals surface area contributed by atoms with E-state index in [-0.39, 0.29) is 6.61 Å². The zero-order valence-electron chi connectivity index (χ0n) is 13.1. The van der Waals surface area contributed by atoms with Crippen molar-refractivity contribution in [3.05, 3.63) is 23.9 Å². The van der Waals surface area contributed by atoms with Crippen molar-refractivity contribution >= 4 is 5.82 Å². The predicted molar refractivity (Wildman–Crippen MR) is 86.6 cm³/mol. The molecule has 1 fully saturated rings. The highest BCUT2D eigenvalue weighted by atomic mass is 16.3. The average Bonchev–Trinajstić information content (AvgIpc) is 2.74. The minimum atomic E-state index is 0.248. The van der Waals surface area contributed by atoms with Crippen LogP contribution < -0.4 is 10.2 Å². The number of pyridine rings is 1. The van der Waals surface area contributed by atoms with Gasteiger partial charge in [-0.25, -0.2) is 4.98 Å². The van der Waals surface area contributed by atoms with Gasteiger partial charge in [0.2, 0.25) is 0 Å². The van der Waals surface area contributed by atoms with Gasteiger partial charge in [-0.2, -0.15) is 0 Å². The molecule has 0 saturated carbocycles. The third-order valence-corrected chi connectivity index (χ3v) is 3.89. The van der Waals surface area contributed by atoms with Crippen LogP contribution in [-0.2, 0) is 6.54 Å². The smallest absolute Gasteiger partial charge is 0.128 e. The number of aliphatic hydroxyl groups is 1. The third-order valence-electron chi connectivity index (χ3n) is 3.89. The molecular weight excluding hydrogens is 264 g/mol. The fourth-order valence-electron chi connectivity index (χ4n) is 2.68. The maximum Gasteiger partial charge on any atom is 0.128 e. The van der Waals surface area contributed by atoms with Crippen molar-refractivity contribution in [1.29, 1.82) is 0 Å². The zero-order valence-corrected chi connectivity index (χ0v) is 13.1. The summed E-state index contributed by atoms with van der Waals surface area (Å²) in [5.41, 5.74) is 1.24. The van der Waals surface area contributed by atoms with Crippen LogP contribution >= 0.6 is 0 Å². The van der Waals surface area contributed by atoms with Gasteiger partial charge in [-0.3, -0.25) is 4.90 Å². The van der Waals surface area contributed by atoms with Gasteiger partial charge in [0, 0.05) is 38.9 Å². The van der Waals surface area contributed by atoms with E-state index < -0.39 is 0 Å². The molecule has 2 rings (SSSR count). The van der Waals surface area contributed by atoms with Gasteiger partial charge in [0.1, 0.15) is 5.82 Å². The average molecular weight is 292 g/mol. The van der Waals surface area contributed by atoms with Crippen molar-refractivity contribution in [2.75, 3.05) is 50.8 Å². The summed E-state index contributed by atoms with van der Waals surface area (Å²) in [4.78, 5) is 9.28. The van der Waals surface area contributed by atoms with Crippen LogP contribution in [0, 0.1) is 0 Å². The van der Waals surface area contributed by atoms with Crippen LogP contribution in [0.1, 0.15) is 25.3 Å². The first-order valence-corrected chi connectivity index (χ1v) is 8.07. The van der Waals surface area contributed by atoms with E-state index in [1.54, 1.807) is 0 Å². The lowest BCUT2D eigenvalue weighted by Gasteiger charge is -2.22. The Morgan fingerprint density at radius 2 is 2.14 bits per heavy atom. The number of hydrogen-bond acceptors (Lipinski definition) is 5. The van der Waals surface area contributed by atoms with Crippen LogP contribution in [0.4, 0.5) is 5.82 Å². The van der Waals surface area contributed by atoms with Crippen LogP contribution in [0.5, 0.6) is 0 Å². The Morgan fingerprint density at radius 1 is 1.24 bits per heavy atom. The summed E-state index contributed by atoms with van der Waals surface area (Å²) < 4.78 is 0. The van der Waals surface area contributed by atoms with E-state index in [0.717, 1.165) is 64.5 Å². The topological polar surface area (TPSA) is 51.6 Å². The standard InChI is InChI=1S/C16H28N4O/c1-2-6-17-13-15-4-5-16(18-14-15)20-8-3-7-19(9-10-20)11-12-21/h4-5,14,17,21H,2-3,6-13H2,1H3. The van der Waals surface area contributed by atoms with Crippen molar-refractivity contribution in [3.63, 3.8) is 0 Å². The number of nitrogens with zero attached hydrogens (tertiary/aromatic N) is 3. The van der Waals surface area contributed by atoms with Crippen molar-refractivity contribution in [1.82, 2.24) is 15.2 Å². The number of aliphatic hydroxyl groups excluding tert-OH is 1. The van der Waals surface area contributed by atoms with Gasteiger partial charge in [0.15, 0.2) is 0 Å². The Labute approximate surface area is 128 Å². The van der Waals surface area contributed by atoms with Crippen LogP contribution in [0.3, 0.4) is 0 Å². The highest BCUT2D eigenvalue weighted by Crippen LogP contribution is 2.14. The molecule has 21 heavy (non-hydrogen) atoms. The van der Waals surface area contributed by atoms with E-state index >= 15 is 0 Å². The van der Waals surface area contributed by atoms with E-state index in [1.807, 2.05) is 6.20 Å². The first-order valence-electron chi connectivity index (χ1n) is 8.07. The molecule has 2 heterocycles. The first kappa shape index (κ1) is 16.2. The van der Waals surface area contributed by atoms with Gasteiger partial charge in [0.05, 0.1) is 6.61 Å².